The summed E-state index contributed by atoms with van der Waals surface area (Å²) in [6.45, 7) is 0.564. The molecule has 24 heteroatoms. The highest BCUT2D eigenvalue weighted by Crippen LogP contribution is 2.37. The molecule has 2 aliphatic rings. The number of carbonyl (C=O) groups excluding carboxylic acids is 2. The third-order valence-corrected chi connectivity index (χ3v) is 15.0. The standard InChI is InChI=1S/C32H30ClN5O2.C18H11Cl2N3.C14H20N2O2.ClH.2O2S/c33-28-19-34-31(35-23-12-9-13-24(18-23)36-32(39)40-21-22-10-3-1-4-11-22)37-30(28)27-20-38(25-14-5-2-6-15-25)29-17-8-7-16-26(27)29;19-15-10-21-18(20)22-17(15)14-11-23(12-6-2-1-3-7-12)16-9-5-4-8-13(14)16;15-12-7-4-8-13(9-12)16-14(17)18-10-11-5-2-1-3-6-11;;2*1-3-2/h1-8,10-11,14-17,19-20,23-24H,9,12-13,18,21H2,(H,36,39)(H,34,35,37);1-11H;1-3,5-6,12-13H,4,7-10,15H2,(H,16,17);1H;;/t23-,24+;;12-,13+;;;/m1.1.../s1. The van der Waals surface area contributed by atoms with Crippen LogP contribution in [0, 0.1) is 0 Å². The highest BCUT2D eigenvalue weighted by atomic mass is 35.5. The topological polar surface area (TPSA) is 244 Å². The SMILES string of the molecule is Cl.Clc1ncc(Cl)c(-c2cn(-c3ccccc3)c3ccccc23)n1.N[C@@H]1CCC[C@H](NC(=O)OCc2ccccc2)C1.O=C(N[C@H]1CCC[C@@H](Nc2ncc(Cl)c(-c3cn(-c4ccccc4)c4ccccc34)n2)C1)OCc1ccccc1.O=S=O.O=S=O. The van der Waals surface area contributed by atoms with E-state index in [0.717, 1.165) is 107 Å². The number of amides is 2. The molecule has 4 atom stereocenters. The smallest absolute Gasteiger partial charge is 0.407 e. The van der Waals surface area contributed by atoms with Crippen molar-refractivity contribution < 1.29 is 35.9 Å². The summed E-state index contributed by atoms with van der Waals surface area (Å²) in [5.74, 6) is 0.522. The van der Waals surface area contributed by atoms with Crippen LogP contribution in [-0.4, -0.2) is 82.3 Å². The van der Waals surface area contributed by atoms with Gasteiger partial charge < -0.3 is 40.3 Å². The van der Waals surface area contributed by atoms with Gasteiger partial charge in [-0.1, -0.05) is 157 Å². The Morgan fingerprint density at radius 2 is 0.920 bits per heavy atom. The van der Waals surface area contributed by atoms with Crippen LogP contribution in [-0.2, 0) is 45.8 Å². The maximum absolute atomic E-state index is 12.4. The minimum absolute atomic E-state index is 0. The second kappa shape index (κ2) is 34.9. The first-order valence-electron chi connectivity index (χ1n) is 27.8. The predicted molar refractivity (Wildman–Crippen MR) is 348 cm³/mol. The van der Waals surface area contributed by atoms with Crippen molar-refractivity contribution in [1.82, 2.24) is 39.7 Å². The molecule has 12 rings (SSSR count). The van der Waals surface area contributed by atoms with Crippen LogP contribution in [0.25, 0.3) is 55.7 Å². The van der Waals surface area contributed by atoms with E-state index >= 15 is 0 Å². The number of nitrogens with two attached hydrogens (primary N) is 1. The zero-order valence-corrected chi connectivity index (χ0v) is 52.0. The molecule has 2 fully saturated rings. The molecule has 6 aromatic carbocycles. The van der Waals surface area contributed by atoms with Crippen LogP contribution in [0.15, 0.2) is 195 Å². The van der Waals surface area contributed by atoms with Crippen LogP contribution in [0.1, 0.15) is 62.5 Å². The Morgan fingerprint density at radius 1 is 0.523 bits per heavy atom. The number of rotatable bonds is 12. The summed E-state index contributed by atoms with van der Waals surface area (Å²) in [5, 5.41) is 12.7. The zero-order chi connectivity index (χ0) is 61.3. The second-order valence-corrected chi connectivity index (χ2v) is 21.6. The van der Waals surface area contributed by atoms with Gasteiger partial charge in [-0.05, 0) is 110 Å². The van der Waals surface area contributed by atoms with Crippen molar-refractivity contribution in [3.8, 4) is 33.9 Å². The summed E-state index contributed by atoms with van der Waals surface area (Å²) in [7, 11) is 0. The Hall–Kier alpha value is -8.34. The maximum atomic E-state index is 12.4. The van der Waals surface area contributed by atoms with Crippen LogP contribution in [0.5, 0.6) is 0 Å². The van der Waals surface area contributed by atoms with Crippen LogP contribution >= 0.6 is 47.2 Å². The lowest BCUT2D eigenvalue weighted by Gasteiger charge is -2.30. The van der Waals surface area contributed by atoms with E-state index in [1.165, 1.54) is 6.20 Å². The van der Waals surface area contributed by atoms with E-state index < -0.39 is 29.2 Å². The molecule has 4 aromatic heterocycles. The molecule has 0 bridgehead atoms. The molecule has 0 saturated heterocycles. The molecule has 2 aliphatic carbocycles. The fraction of sp³-hybridized carbons (Fsp3) is 0.219. The minimum Gasteiger partial charge on any atom is -0.445 e. The van der Waals surface area contributed by atoms with Crippen molar-refractivity contribution in [1.29, 1.82) is 0 Å². The maximum Gasteiger partial charge on any atom is 0.407 e. The first-order chi connectivity index (χ1) is 42.4. The van der Waals surface area contributed by atoms with Crippen molar-refractivity contribution in [2.24, 2.45) is 5.73 Å². The fourth-order valence-corrected chi connectivity index (χ4v) is 10.9. The molecule has 4 heterocycles. The number of alkyl carbamates (subject to hydrolysis) is 2. The number of hydrogen-bond acceptors (Lipinski definition) is 14. The molecule has 0 spiro atoms. The van der Waals surface area contributed by atoms with Crippen molar-refractivity contribution in [3.63, 3.8) is 0 Å². The van der Waals surface area contributed by atoms with Crippen molar-refractivity contribution in [2.75, 3.05) is 5.32 Å². The Bertz CT molecular complexity index is 3910. The Balaban J connectivity index is 0.000000195. The van der Waals surface area contributed by atoms with E-state index in [0.29, 0.717) is 34.0 Å². The normalized spacial score (nSPS) is 15.6. The first-order valence-corrected chi connectivity index (χ1v) is 30.2. The lowest BCUT2D eigenvalue weighted by Crippen LogP contribution is -2.42. The van der Waals surface area contributed by atoms with Crippen molar-refractivity contribution in [3.05, 3.63) is 221 Å². The first kappa shape index (κ1) is 67.2. The molecule has 0 radical (unpaired) electrons. The van der Waals surface area contributed by atoms with Gasteiger partial charge in [-0.2, -0.15) is 16.8 Å². The quantitative estimate of drug-likeness (QED) is 0.0832. The van der Waals surface area contributed by atoms with Crippen LogP contribution < -0.4 is 21.7 Å². The number of aromatic nitrogens is 6. The molecular weight excluding hydrogens is 1240 g/mol. The van der Waals surface area contributed by atoms with E-state index in [2.05, 4.69) is 94.8 Å². The molecule has 456 valence electrons. The average Bonchev–Trinajstić information content (AvgIpc) is 2.22. The molecule has 88 heavy (non-hydrogen) atoms. The highest BCUT2D eigenvalue weighted by molar-refractivity contribution is 7.52. The number of nitrogens with zero attached hydrogens (tertiary/aromatic N) is 6. The van der Waals surface area contributed by atoms with Gasteiger partial charge in [0.15, 0.2) is 0 Å². The summed E-state index contributed by atoms with van der Waals surface area (Å²) in [6, 6.07) is 56.6. The molecule has 10 aromatic rings. The second-order valence-electron chi connectivity index (χ2n) is 20.1. The van der Waals surface area contributed by atoms with Gasteiger partial charge in [-0.15, -0.1) is 12.4 Å². The van der Waals surface area contributed by atoms with Gasteiger partial charge in [0.05, 0.1) is 44.9 Å². The summed E-state index contributed by atoms with van der Waals surface area (Å²) in [4.78, 5) is 41.6. The summed E-state index contributed by atoms with van der Waals surface area (Å²) >= 11 is 17.4. The lowest BCUT2D eigenvalue weighted by atomic mass is 9.91. The largest absolute Gasteiger partial charge is 0.445 e. The summed E-state index contributed by atoms with van der Waals surface area (Å²) in [5.41, 5.74) is 15.3. The molecule has 2 amide bonds. The average molecular weight is 1310 g/mol. The molecular formula is C64H62Cl4N10O8S2. The van der Waals surface area contributed by atoms with Crippen molar-refractivity contribution in [2.45, 2.75) is 88.7 Å². The number of nitrogens with one attached hydrogen (secondary N) is 3. The summed E-state index contributed by atoms with van der Waals surface area (Å²) < 4.78 is 48.0. The number of ether oxygens (including phenoxy) is 2. The number of hydrogen-bond donors (Lipinski definition) is 4. The van der Waals surface area contributed by atoms with Gasteiger partial charge in [-0.25, -0.2) is 29.5 Å². The monoisotopic (exact) mass is 1300 g/mol. The lowest BCUT2D eigenvalue weighted by molar-refractivity contribution is 0.131. The molecule has 2 saturated carbocycles. The molecule has 18 nitrogen and oxygen atoms in total. The Labute approximate surface area is 537 Å². The van der Waals surface area contributed by atoms with Gasteiger partial charge >= 0.3 is 35.3 Å². The van der Waals surface area contributed by atoms with E-state index in [4.69, 9.17) is 71.8 Å². The molecule has 5 N–H and O–H groups in total. The van der Waals surface area contributed by atoms with E-state index in [1.807, 2.05) is 128 Å². The van der Waals surface area contributed by atoms with Crippen LogP contribution in [0.4, 0.5) is 15.5 Å². The van der Waals surface area contributed by atoms with E-state index in [-0.39, 0.29) is 54.6 Å². The number of benzene rings is 6. The Morgan fingerprint density at radius 3 is 1.40 bits per heavy atom. The van der Waals surface area contributed by atoms with Gasteiger partial charge in [0.25, 0.3) is 0 Å². The van der Waals surface area contributed by atoms with Gasteiger partial charge in [0, 0.05) is 69.8 Å². The number of anilines is 1. The zero-order valence-electron chi connectivity index (χ0n) is 47.2. The number of carbonyl (C=O) groups is 2. The third-order valence-electron chi connectivity index (χ3n) is 14.3. The van der Waals surface area contributed by atoms with E-state index in [1.54, 1.807) is 6.20 Å². The highest BCUT2D eigenvalue weighted by Gasteiger charge is 2.26. The van der Waals surface area contributed by atoms with Gasteiger partial charge in [-0.3, -0.25) is 0 Å². The van der Waals surface area contributed by atoms with Crippen LogP contribution in [0.2, 0.25) is 15.3 Å². The molecule has 0 aliphatic heterocycles. The van der Waals surface area contributed by atoms with Gasteiger partial charge in [0.2, 0.25) is 11.2 Å². The van der Waals surface area contributed by atoms with Crippen LogP contribution in [0.3, 0.4) is 0 Å². The molecule has 0 unspecified atom stereocenters. The predicted octanol–water partition coefficient (Wildman–Crippen LogP) is 14.0. The van der Waals surface area contributed by atoms with E-state index in [9.17, 15) is 9.59 Å². The summed E-state index contributed by atoms with van der Waals surface area (Å²) in [6.07, 6.45) is 14.1. The number of para-hydroxylation sites is 4. The number of fused-ring (bicyclic) bond motifs is 2. The number of halogens is 4. The Kier molecular flexibility index (Phi) is 26.6. The van der Waals surface area contributed by atoms with Crippen molar-refractivity contribution >= 4 is 110 Å². The third kappa shape index (κ3) is 19.3. The fourth-order valence-electron chi connectivity index (χ4n) is 10.4. The van der Waals surface area contributed by atoms with Gasteiger partial charge in [0.1, 0.15) is 13.2 Å². The minimum atomic E-state index is -0.750.